The van der Waals surface area contributed by atoms with E-state index in [9.17, 15) is 4.79 Å². The minimum Gasteiger partial charge on any atom is -0.393 e. The maximum Gasteiger partial charge on any atom is 0.362 e. The van der Waals surface area contributed by atoms with Crippen LogP contribution in [0.5, 0.6) is 0 Å². The molecule has 2 heterocycles. The molecule has 0 aliphatic heterocycles. The number of nitrogens with two attached hydrogens (primary N) is 1. The fourth-order valence-electron chi connectivity index (χ4n) is 0.875. The van der Waals surface area contributed by atoms with Crippen molar-refractivity contribution in [2.45, 2.75) is 0 Å². The Morgan fingerprint density at radius 2 is 2.42 bits per heavy atom. The topological polar surface area (TPSA) is 89.1 Å². The second-order valence-electron chi connectivity index (χ2n) is 2.17. The van der Waals surface area contributed by atoms with E-state index in [0.29, 0.717) is 5.65 Å². The van der Waals surface area contributed by atoms with Gasteiger partial charge in [0.05, 0.1) is 0 Å². The fourth-order valence-corrected chi connectivity index (χ4v) is 1.00. The number of nitrogens with zero attached hydrogens (tertiary/aromatic N) is 3. The van der Waals surface area contributed by atoms with Crippen molar-refractivity contribution in [2.24, 2.45) is 0 Å². The molecule has 0 aromatic carbocycles. The third-order valence-corrected chi connectivity index (χ3v) is 1.70. The van der Waals surface area contributed by atoms with Gasteiger partial charge in [-0.2, -0.15) is 4.98 Å². The third kappa shape index (κ3) is 0.850. The molecule has 3 N–H and O–H groups in total. The van der Waals surface area contributed by atoms with Gasteiger partial charge in [-0.1, -0.05) is 11.6 Å². The molecule has 0 radical (unpaired) electrons. The van der Waals surface area contributed by atoms with Crippen LogP contribution < -0.4 is 11.4 Å². The Bertz CT molecular complexity index is 486. The predicted molar refractivity (Wildman–Crippen MR) is 43.0 cm³/mol. The van der Waals surface area contributed by atoms with Crippen molar-refractivity contribution in [3.05, 3.63) is 22.0 Å². The SMILES string of the molecule is Nc1c(Cl)ncn2[nH]c(=O)nc12. The lowest BCUT2D eigenvalue weighted by Gasteiger charge is -1.96. The van der Waals surface area contributed by atoms with E-state index in [4.69, 9.17) is 17.3 Å². The first-order valence-corrected chi connectivity index (χ1v) is 3.44. The molecule has 0 aliphatic carbocycles. The molecule has 0 atom stereocenters. The van der Waals surface area contributed by atoms with Gasteiger partial charge in [0.25, 0.3) is 0 Å². The van der Waals surface area contributed by atoms with Crippen LogP contribution in [0.4, 0.5) is 5.69 Å². The Balaban J connectivity index is 2.99. The number of H-pyrrole nitrogens is 1. The Labute approximate surface area is 71.0 Å². The standard InChI is InChI=1S/C5H4ClN5O/c6-3-2(7)4-9-5(12)10-11(4)1-8-3/h1H,7H2,(H,10,12). The molecule has 0 saturated heterocycles. The van der Waals surface area contributed by atoms with Crippen LogP contribution in [0.1, 0.15) is 0 Å². The highest BCUT2D eigenvalue weighted by molar-refractivity contribution is 6.32. The summed E-state index contributed by atoms with van der Waals surface area (Å²) in [5, 5.41) is 2.52. The zero-order valence-electron chi connectivity index (χ0n) is 5.78. The second kappa shape index (κ2) is 2.21. The number of aromatic amines is 1. The van der Waals surface area contributed by atoms with E-state index in [-0.39, 0.29) is 10.8 Å². The van der Waals surface area contributed by atoms with E-state index < -0.39 is 5.69 Å². The Morgan fingerprint density at radius 3 is 3.17 bits per heavy atom. The summed E-state index contributed by atoms with van der Waals surface area (Å²) in [5.41, 5.74) is 5.50. The van der Waals surface area contributed by atoms with Gasteiger partial charge >= 0.3 is 5.69 Å². The zero-order valence-corrected chi connectivity index (χ0v) is 6.54. The number of hydrogen-bond acceptors (Lipinski definition) is 4. The minimum atomic E-state index is -0.481. The fraction of sp³-hybridized carbons (Fsp3) is 0. The van der Waals surface area contributed by atoms with E-state index in [0.717, 1.165) is 0 Å². The van der Waals surface area contributed by atoms with Crippen molar-refractivity contribution in [1.82, 2.24) is 19.6 Å². The van der Waals surface area contributed by atoms with Gasteiger partial charge in [-0.15, -0.1) is 0 Å². The third-order valence-electron chi connectivity index (χ3n) is 1.40. The molecule has 2 aromatic rings. The maximum atomic E-state index is 10.7. The van der Waals surface area contributed by atoms with Crippen molar-refractivity contribution >= 4 is 22.9 Å². The maximum absolute atomic E-state index is 10.7. The number of halogens is 1. The highest BCUT2D eigenvalue weighted by Crippen LogP contribution is 2.16. The molecule has 0 fully saturated rings. The van der Waals surface area contributed by atoms with E-state index in [2.05, 4.69) is 15.1 Å². The number of anilines is 1. The van der Waals surface area contributed by atoms with Gasteiger partial charge in [-0.3, -0.25) is 0 Å². The molecule has 0 unspecified atom stereocenters. The number of nitrogen functional groups attached to an aromatic ring is 1. The van der Waals surface area contributed by atoms with Crippen LogP contribution in [0.3, 0.4) is 0 Å². The Kier molecular flexibility index (Phi) is 1.31. The molecule has 2 aromatic heterocycles. The number of rotatable bonds is 0. The summed E-state index contributed by atoms with van der Waals surface area (Å²) in [5.74, 6) is 0. The Morgan fingerprint density at radius 1 is 1.67 bits per heavy atom. The van der Waals surface area contributed by atoms with Gasteiger partial charge in [0.1, 0.15) is 12.0 Å². The second-order valence-corrected chi connectivity index (χ2v) is 2.53. The number of aromatic nitrogens is 4. The molecule has 0 spiro atoms. The molecule has 0 amide bonds. The summed E-state index contributed by atoms with van der Waals surface area (Å²) in [6.45, 7) is 0. The summed E-state index contributed by atoms with van der Waals surface area (Å²) in [6, 6.07) is 0. The first-order chi connectivity index (χ1) is 5.68. The predicted octanol–water partition coefficient (Wildman–Crippen LogP) is -0.347. The van der Waals surface area contributed by atoms with Crippen LogP contribution in [-0.4, -0.2) is 19.6 Å². The zero-order chi connectivity index (χ0) is 8.72. The van der Waals surface area contributed by atoms with E-state index in [1.165, 1.54) is 10.8 Å². The lowest BCUT2D eigenvalue weighted by molar-refractivity contribution is 0.903. The molecule has 6 nitrogen and oxygen atoms in total. The normalized spacial score (nSPS) is 10.8. The Hall–Kier alpha value is -1.56. The van der Waals surface area contributed by atoms with E-state index in [1.807, 2.05) is 0 Å². The molecule has 12 heavy (non-hydrogen) atoms. The first kappa shape index (κ1) is 7.11. The van der Waals surface area contributed by atoms with Gasteiger partial charge in [0.15, 0.2) is 10.8 Å². The number of nitrogens with one attached hydrogen (secondary N) is 1. The van der Waals surface area contributed by atoms with E-state index >= 15 is 0 Å². The molecular formula is C5H4ClN5O. The lowest BCUT2D eigenvalue weighted by Crippen LogP contribution is -2.01. The summed E-state index contributed by atoms with van der Waals surface area (Å²) < 4.78 is 1.31. The smallest absolute Gasteiger partial charge is 0.362 e. The highest BCUT2D eigenvalue weighted by atomic mass is 35.5. The van der Waals surface area contributed by atoms with Crippen molar-refractivity contribution in [2.75, 3.05) is 5.73 Å². The molecule has 0 bridgehead atoms. The monoisotopic (exact) mass is 185 g/mol. The van der Waals surface area contributed by atoms with Gasteiger partial charge in [0, 0.05) is 0 Å². The van der Waals surface area contributed by atoms with Gasteiger partial charge < -0.3 is 5.73 Å². The lowest BCUT2D eigenvalue weighted by atomic mass is 10.5. The van der Waals surface area contributed by atoms with Crippen molar-refractivity contribution in [3.8, 4) is 0 Å². The minimum absolute atomic E-state index is 0.140. The van der Waals surface area contributed by atoms with Crippen molar-refractivity contribution < 1.29 is 0 Å². The van der Waals surface area contributed by atoms with Crippen molar-refractivity contribution in [1.29, 1.82) is 0 Å². The average Bonchev–Trinajstić information content (AvgIpc) is 2.39. The molecule has 2 rings (SSSR count). The van der Waals surface area contributed by atoms with Gasteiger partial charge in [0.2, 0.25) is 0 Å². The number of fused-ring (bicyclic) bond motifs is 1. The molecule has 7 heteroatoms. The van der Waals surface area contributed by atoms with Crippen LogP contribution in [0.2, 0.25) is 5.15 Å². The average molecular weight is 186 g/mol. The first-order valence-electron chi connectivity index (χ1n) is 3.07. The summed E-state index contributed by atoms with van der Waals surface area (Å²) in [4.78, 5) is 18.0. The van der Waals surface area contributed by atoms with Crippen LogP contribution in [0.25, 0.3) is 5.65 Å². The summed E-state index contributed by atoms with van der Waals surface area (Å²) in [6.07, 6.45) is 1.34. The largest absolute Gasteiger partial charge is 0.393 e. The van der Waals surface area contributed by atoms with Gasteiger partial charge in [-0.25, -0.2) is 19.4 Å². The van der Waals surface area contributed by atoms with Gasteiger partial charge in [-0.05, 0) is 0 Å². The van der Waals surface area contributed by atoms with Crippen LogP contribution in [0, 0.1) is 0 Å². The van der Waals surface area contributed by atoms with Crippen LogP contribution in [0.15, 0.2) is 11.1 Å². The molecular weight excluding hydrogens is 182 g/mol. The molecule has 0 aliphatic rings. The van der Waals surface area contributed by atoms with Crippen LogP contribution >= 0.6 is 11.6 Å². The molecule has 62 valence electrons. The summed E-state index contributed by atoms with van der Waals surface area (Å²) >= 11 is 5.59. The van der Waals surface area contributed by atoms with Crippen LogP contribution in [-0.2, 0) is 0 Å². The van der Waals surface area contributed by atoms with E-state index in [1.54, 1.807) is 0 Å². The summed E-state index contributed by atoms with van der Waals surface area (Å²) in [7, 11) is 0. The molecule has 0 saturated carbocycles. The quantitative estimate of drug-likeness (QED) is 0.549. The highest BCUT2D eigenvalue weighted by Gasteiger charge is 2.06. The van der Waals surface area contributed by atoms with Crippen molar-refractivity contribution in [3.63, 3.8) is 0 Å². The number of hydrogen-bond donors (Lipinski definition) is 2.